The highest BCUT2D eigenvalue weighted by molar-refractivity contribution is 6.03. The number of nitrogens with zero attached hydrogens (tertiary/aromatic N) is 1. The summed E-state index contributed by atoms with van der Waals surface area (Å²) in [5.41, 5.74) is -0.155. The summed E-state index contributed by atoms with van der Waals surface area (Å²) >= 11 is 0. The number of likely N-dealkylation sites (N-methyl/N-ethyl adjacent to an activating group) is 1. The Morgan fingerprint density at radius 1 is 1.45 bits per heavy atom. The number of carbonyl (C=O) groups excluding carboxylic acids is 3. The molecule has 1 unspecified atom stereocenters. The number of carboxylic acids is 1. The van der Waals surface area contributed by atoms with E-state index in [0.717, 1.165) is 17.2 Å². The molecular formula is C12H12N2O6. The molecule has 0 saturated carbocycles. The second kappa shape index (κ2) is 5.16. The van der Waals surface area contributed by atoms with Gasteiger partial charge in [-0.05, 0) is 6.42 Å². The number of carbonyl (C=O) groups is 4. The second-order valence-electron chi connectivity index (χ2n) is 4.36. The summed E-state index contributed by atoms with van der Waals surface area (Å²) in [7, 11) is 1.35. The van der Waals surface area contributed by atoms with Crippen LogP contribution in [-0.2, 0) is 9.59 Å². The van der Waals surface area contributed by atoms with Crippen molar-refractivity contribution >= 4 is 23.7 Å². The van der Waals surface area contributed by atoms with Crippen molar-refractivity contribution in [2.45, 2.75) is 18.9 Å². The van der Waals surface area contributed by atoms with Crippen LogP contribution >= 0.6 is 0 Å². The van der Waals surface area contributed by atoms with Gasteiger partial charge in [-0.1, -0.05) is 0 Å². The van der Waals surface area contributed by atoms with Gasteiger partial charge in [-0.2, -0.15) is 0 Å². The van der Waals surface area contributed by atoms with Gasteiger partial charge < -0.3 is 14.8 Å². The third-order valence-electron chi connectivity index (χ3n) is 3.03. The summed E-state index contributed by atoms with van der Waals surface area (Å²) in [6.07, 6.45) is 1.31. The normalized spacial score (nSPS) is 19.1. The molecule has 1 atom stereocenters. The van der Waals surface area contributed by atoms with Crippen molar-refractivity contribution in [1.82, 2.24) is 10.2 Å². The van der Waals surface area contributed by atoms with Crippen LogP contribution in [-0.4, -0.2) is 46.8 Å². The number of carboxylic acid groups (broad SMARTS) is 1. The Balaban J connectivity index is 2.05. The first kappa shape index (κ1) is 13.8. The van der Waals surface area contributed by atoms with Crippen LogP contribution in [0.1, 0.15) is 33.8 Å². The number of amides is 3. The maximum absolute atomic E-state index is 11.8. The van der Waals surface area contributed by atoms with Crippen LogP contribution in [0.15, 0.2) is 16.7 Å². The van der Waals surface area contributed by atoms with E-state index in [9.17, 15) is 19.2 Å². The molecule has 1 aromatic rings. The average Bonchev–Trinajstić information content (AvgIpc) is 2.89. The molecule has 20 heavy (non-hydrogen) atoms. The summed E-state index contributed by atoms with van der Waals surface area (Å²) in [6.45, 7) is 0. The Bertz CT molecular complexity index is 591. The third kappa shape index (κ3) is 2.53. The topological polar surface area (TPSA) is 117 Å². The van der Waals surface area contributed by atoms with Crippen molar-refractivity contribution in [2.24, 2.45) is 0 Å². The lowest BCUT2D eigenvalue weighted by molar-refractivity contribution is -0.147. The zero-order valence-corrected chi connectivity index (χ0v) is 10.6. The van der Waals surface area contributed by atoms with Gasteiger partial charge in [0.1, 0.15) is 12.3 Å². The Morgan fingerprint density at radius 2 is 2.15 bits per heavy atom. The fraction of sp³-hybridized carbons (Fsp3) is 0.333. The van der Waals surface area contributed by atoms with E-state index in [4.69, 9.17) is 9.52 Å². The Labute approximate surface area is 113 Å². The van der Waals surface area contributed by atoms with Crippen LogP contribution in [0.2, 0.25) is 0 Å². The van der Waals surface area contributed by atoms with E-state index in [0.29, 0.717) is 0 Å². The minimum absolute atomic E-state index is 0.155. The highest BCUT2D eigenvalue weighted by atomic mass is 16.4. The van der Waals surface area contributed by atoms with E-state index in [1.807, 2.05) is 0 Å². The maximum atomic E-state index is 11.8. The van der Waals surface area contributed by atoms with Gasteiger partial charge in [0.2, 0.25) is 5.91 Å². The summed E-state index contributed by atoms with van der Waals surface area (Å²) in [6, 6.07) is 0.253. The minimum Gasteiger partial charge on any atom is -0.478 e. The van der Waals surface area contributed by atoms with Crippen molar-refractivity contribution in [2.75, 3.05) is 7.05 Å². The third-order valence-corrected chi connectivity index (χ3v) is 3.03. The number of likely N-dealkylation sites (tertiary alicyclic amines) is 1. The summed E-state index contributed by atoms with van der Waals surface area (Å²) in [5.74, 6) is -2.91. The first-order chi connectivity index (χ1) is 9.40. The predicted octanol–water partition coefficient (Wildman–Crippen LogP) is -0.145. The highest BCUT2D eigenvalue weighted by Gasteiger charge is 2.33. The van der Waals surface area contributed by atoms with Crippen LogP contribution in [0, 0.1) is 0 Å². The molecule has 0 radical (unpaired) electrons. The van der Waals surface area contributed by atoms with E-state index >= 15 is 0 Å². The molecule has 1 saturated heterocycles. The Kier molecular flexibility index (Phi) is 3.55. The quantitative estimate of drug-likeness (QED) is 0.744. The number of hydrogen-bond acceptors (Lipinski definition) is 5. The number of aromatic carboxylic acids is 1. The minimum atomic E-state index is -1.22. The van der Waals surface area contributed by atoms with E-state index in [2.05, 4.69) is 5.32 Å². The van der Waals surface area contributed by atoms with Crippen molar-refractivity contribution in [1.29, 1.82) is 0 Å². The van der Waals surface area contributed by atoms with Gasteiger partial charge in [0, 0.05) is 19.5 Å². The largest absolute Gasteiger partial charge is 0.478 e. The molecule has 0 spiro atoms. The van der Waals surface area contributed by atoms with E-state index < -0.39 is 23.8 Å². The van der Waals surface area contributed by atoms with E-state index in [-0.39, 0.29) is 30.1 Å². The first-order valence-electron chi connectivity index (χ1n) is 5.83. The van der Waals surface area contributed by atoms with E-state index in [1.54, 1.807) is 0 Å². The van der Waals surface area contributed by atoms with Crippen LogP contribution < -0.4 is 5.32 Å². The number of furan rings is 1. The lowest BCUT2D eigenvalue weighted by atomic mass is 10.0. The molecule has 1 aliphatic rings. The van der Waals surface area contributed by atoms with Gasteiger partial charge in [0.25, 0.3) is 11.8 Å². The molecule has 8 heteroatoms. The highest BCUT2D eigenvalue weighted by Crippen LogP contribution is 2.13. The molecule has 8 nitrogen and oxygen atoms in total. The predicted molar refractivity (Wildman–Crippen MR) is 63.9 cm³/mol. The van der Waals surface area contributed by atoms with Gasteiger partial charge in [0.15, 0.2) is 5.76 Å². The average molecular weight is 280 g/mol. The molecule has 1 fully saturated rings. The van der Waals surface area contributed by atoms with Crippen LogP contribution in [0.25, 0.3) is 0 Å². The number of nitrogens with one attached hydrogen (secondary N) is 1. The van der Waals surface area contributed by atoms with Crippen LogP contribution in [0.5, 0.6) is 0 Å². The van der Waals surface area contributed by atoms with Gasteiger partial charge in [-0.3, -0.25) is 19.3 Å². The molecule has 1 aromatic heterocycles. The van der Waals surface area contributed by atoms with Crippen molar-refractivity contribution < 1.29 is 28.7 Å². The molecule has 0 bridgehead atoms. The van der Waals surface area contributed by atoms with Gasteiger partial charge >= 0.3 is 5.97 Å². The monoisotopic (exact) mass is 280 g/mol. The summed E-state index contributed by atoms with van der Waals surface area (Å²) in [5, 5.41) is 11.1. The fourth-order valence-corrected chi connectivity index (χ4v) is 1.85. The van der Waals surface area contributed by atoms with Crippen LogP contribution in [0.3, 0.4) is 0 Å². The van der Waals surface area contributed by atoms with Gasteiger partial charge in [0.05, 0.1) is 5.56 Å². The zero-order valence-electron chi connectivity index (χ0n) is 10.6. The molecule has 3 amide bonds. The molecule has 106 valence electrons. The molecule has 2 N–H and O–H groups in total. The molecular weight excluding hydrogens is 268 g/mol. The summed E-state index contributed by atoms with van der Waals surface area (Å²) in [4.78, 5) is 46.5. The lowest BCUT2D eigenvalue weighted by Crippen LogP contribution is -2.52. The maximum Gasteiger partial charge on any atom is 0.338 e. The van der Waals surface area contributed by atoms with Gasteiger partial charge in [-0.15, -0.1) is 0 Å². The zero-order chi connectivity index (χ0) is 14.9. The van der Waals surface area contributed by atoms with Crippen molar-refractivity contribution in [3.63, 3.8) is 0 Å². The molecule has 1 aliphatic heterocycles. The Morgan fingerprint density at radius 3 is 2.75 bits per heavy atom. The smallest absolute Gasteiger partial charge is 0.338 e. The number of hydrogen-bond donors (Lipinski definition) is 2. The molecule has 0 aliphatic carbocycles. The lowest BCUT2D eigenvalue weighted by Gasteiger charge is -2.27. The standard InChI is InChI=1S/C12H12N2O6/c1-14-9(15)3-2-7(11(14)17)13-10(16)8-4-6(5-20-8)12(18)19/h4-5,7H,2-3H2,1H3,(H,13,16)(H,18,19). The second-order valence-corrected chi connectivity index (χ2v) is 4.36. The Hall–Kier alpha value is -2.64. The van der Waals surface area contributed by atoms with Crippen LogP contribution in [0.4, 0.5) is 0 Å². The molecule has 2 heterocycles. The number of rotatable bonds is 3. The molecule has 0 aromatic carbocycles. The van der Waals surface area contributed by atoms with Crippen molar-refractivity contribution in [3.05, 3.63) is 23.7 Å². The first-order valence-corrected chi connectivity index (χ1v) is 5.83. The van der Waals surface area contributed by atoms with Gasteiger partial charge in [-0.25, -0.2) is 4.79 Å². The summed E-state index contributed by atoms with van der Waals surface area (Å²) < 4.78 is 4.83. The number of imide groups is 1. The van der Waals surface area contributed by atoms with Crippen molar-refractivity contribution in [3.8, 4) is 0 Å². The SMILES string of the molecule is CN1C(=O)CCC(NC(=O)c2cc(C(=O)O)co2)C1=O. The van der Waals surface area contributed by atoms with E-state index in [1.165, 1.54) is 7.05 Å². The molecule has 2 rings (SSSR count). The fourth-order valence-electron chi connectivity index (χ4n) is 1.85. The number of piperidine rings is 1.